The Morgan fingerprint density at radius 2 is 1.06 bits per heavy atom. The highest BCUT2D eigenvalue weighted by atomic mass is 14.9. The molecule has 0 aliphatic carbocycles. The highest BCUT2D eigenvalue weighted by Crippen LogP contribution is 2.38. The van der Waals surface area contributed by atoms with Gasteiger partial charge in [0.25, 0.3) is 0 Å². The molecule has 1 saturated heterocycles. The van der Waals surface area contributed by atoms with Gasteiger partial charge in [0.15, 0.2) is 0 Å². The third kappa shape index (κ3) is 5.07. The lowest BCUT2D eigenvalue weighted by atomic mass is 9.89. The van der Waals surface area contributed by atoms with E-state index in [0.29, 0.717) is 5.92 Å². The highest BCUT2D eigenvalue weighted by Gasteiger charge is 2.23. The first-order chi connectivity index (χ1) is 23.8. The van der Waals surface area contributed by atoms with Crippen molar-refractivity contribution >= 4 is 51.9 Å². The van der Waals surface area contributed by atoms with Crippen LogP contribution in [0.25, 0.3) is 74.2 Å². The fourth-order valence-electron chi connectivity index (χ4n) is 7.35. The number of pyridine rings is 2. The summed E-state index contributed by atoms with van der Waals surface area (Å²) in [5, 5.41) is 6.86. The molecule has 4 aliphatic rings. The van der Waals surface area contributed by atoms with Gasteiger partial charge in [-0.3, -0.25) is 9.97 Å². The minimum atomic E-state index is 0.378. The fraction of sp³-hybridized carbons (Fsp3) is 0.150. The van der Waals surface area contributed by atoms with Crippen LogP contribution in [-0.2, 0) is 0 Å². The van der Waals surface area contributed by atoms with Gasteiger partial charge in [0.1, 0.15) is 0 Å². The molecule has 0 atom stereocenters. The summed E-state index contributed by atoms with van der Waals surface area (Å²) < 4.78 is 0. The zero-order valence-corrected chi connectivity index (χ0v) is 26.4. The minimum absolute atomic E-state index is 0.378. The molecule has 0 saturated carbocycles. The van der Waals surface area contributed by atoms with Crippen LogP contribution in [0.2, 0.25) is 0 Å². The van der Waals surface area contributed by atoms with Crippen LogP contribution in [0.4, 0.5) is 0 Å². The summed E-state index contributed by atoms with van der Waals surface area (Å²) in [6.07, 6.45) is 24.5. The lowest BCUT2D eigenvalue weighted by molar-refractivity contribution is 0.461. The molecular formula is C40H34N8. The Kier molecular flexibility index (Phi) is 7.13. The Morgan fingerprint density at radius 1 is 0.542 bits per heavy atom. The van der Waals surface area contributed by atoms with Crippen LogP contribution in [0.15, 0.2) is 91.7 Å². The molecule has 1 fully saturated rings. The Labute approximate surface area is 278 Å². The smallest absolute Gasteiger partial charge is 0.0737 e. The molecule has 0 radical (unpaired) electrons. The molecule has 0 amide bonds. The first kappa shape index (κ1) is 28.4. The van der Waals surface area contributed by atoms with E-state index in [1.165, 1.54) is 5.56 Å². The Balaban J connectivity index is 1.45. The van der Waals surface area contributed by atoms with Crippen molar-refractivity contribution in [3.8, 4) is 22.3 Å². The number of hydrogen-bond donors (Lipinski definition) is 4. The predicted molar refractivity (Wildman–Crippen MR) is 195 cm³/mol. The van der Waals surface area contributed by atoms with E-state index in [1.54, 1.807) is 0 Å². The molecule has 9 rings (SSSR count). The van der Waals surface area contributed by atoms with Gasteiger partial charge in [-0.05, 0) is 134 Å². The second kappa shape index (κ2) is 12.1. The molecule has 4 N–H and O–H groups in total. The number of dihydropyridines is 1. The molecule has 8 nitrogen and oxygen atoms in total. The van der Waals surface area contributed by atoms with E-state index >= 15 is 0 Å². The number of piperidine rings is 1. The molecule has 5 aromatic heterocycles. The lowest BCUT2D eigenvalue weighted by Crippen LogP contribution is -2.27. The van der Waals surface area contributed by atoms with Crippen LogP contribution in [0.5, 0.6) is 0 Å². The molecule has 48 heavy (non-hydrogen) atoms. The van der Waals surface area contributed by atoms with Crippen molar-refractivity contribution in [3.63, 3.8) is 0 Å². The van der Waals surface area contributed by atoms with Gasteiger partial charge >= 0.3 is 0 Å². The summed E-state index contributed by atoms with van der Waals surface area (Å²) in [5.41, 5.74) is 15.4. The van der Waals surface area contributed by atoms with Crippen molar-refractivity contribution in [2.45, 2.75) is 18.8 Å². The maximum absolute atomic E-state index is 5.41. The van der Waals surface area contributed by atoms with Crippen LogP contribution < -0.4 is 10.6 Å². The van der Waals surface area contributed by atoms with Crippen molar-refractivity contribution < 1.29 is 0 Å². The van der Waals surface area contributed by atoms with Gasteiger partial charge in [-0.15, -0.1) is 0 Å². The summed E-state index contributed by atoms with van der Waals surface area (Å²) in [7, 11) is 0. The molecule has 5 aromatic rings. The van der Waals surface area contributed by atoms with Gasteiger partial charge in [0.05, 0.1) is 22.8 Å². The molecule has 234 valence electrons. The molecule has 8 heteroatoms. The predicted octanol–water partition coefficient (Wildman–Crippen LogP) is 7.75. The maximum Gasteiger partial charge on any atom is 0.0737 e. The standard InChI is InChI=1S/C40H34N8/c1-2-30-38(26-11-19-42-20-12-26)32-5-6-34(47-32)40(28-15-23-44-24-16-28)36-8-7-35(48-36)39(27-13-21-43-22-14-27)33-4-3-31(46-33)37(29(1)45-30)25-9-17-41-18-10-25/h1-14,17-21,28,43-44,46-47H,15-16,22-24H2. The number of allylic oxidation sites excluding steroid dienone is 2. The fourth-order valence-corrected chi connectivity index (χ4v) is 7.35. The molecule has 9 heterocycles. The molecular weight excluding hydrogens is 592 g/mol. The first-order valence-electron chi connectivity index (χ1n) is 16.6. The van der Waals surface area contributed by atoms with Crippen LogP contribution in [0.3, 0.4) is 0 Å². The molecule has 0 spiro atoms. The summed E-state index contributed by atoms with van der Waals surface area (Å²) in [6.45, 7) is 2.75. The van der Waals surface area contributed by atoms with Gasteiger partial charge in [0.2, 0.25) is 0 Å². The van der Waals surface area contributed by atoms with Crippen LogP contribution >= 0.6 is 0 Å². The van der Waals surface area contributed by atoms with Crippen molar-refractivity contribution in [1.29, 1.82) is 0 Å². The normalized spacial score (nSPS) is 15.8. The third-order valence-corrected chi connectivity index (χ3v) is 9.59. The molecule has 0 unspecified atom stereocenters. The molecule has 0 aromatic carbocycles. The summed E-state index contributed by atoms with van der Waals surface area (Å²) >= 11 is 0. The quantitative estimate of drug-likeness (QED) is 0.159. The number of aromatic nitrogens is 6. The lowest BCUT2D eigenvalue weighted by Gasteiger charge is -2.23. The minimum Gasteiger partial charge on any atom is -0.387 e. The summed E-state index contributed by atoms with van der Waals surface area (Å²) in [4.78, 5) is 27.0. The SMILES string of the molecule is C1=CC(c2c3nc(c(C4CCNCC4)c4ccc([nH]4)c(-c4ccncc4)c4nc(c(-c5ccncc5)c5ccc2[nH]5)C=C4)C=C3)=CCN1. The van der Waals surface area contributed by atoms with E-state index < -0.39 is 0 Å². The number of rotatable bonds is 4. The number of nitrogens with zero attached hydrogens (tertiary/aromatic N) is 4. The van der Waals surface area contributed by atoms with Crippen LogP contribution in [-0.4, -0.2) is 49.5 Å². The zero-order valence-electron chi connectivity index (χ0n) is 26.4. The van der Waals surface area contributed by atoms with E-state index in [-0.39, 0.29) is 0 Å². The van der Waals surface area contributed by atoms with E-state index in [0.717, 1.165) is 111 Å². The largest absolute Gasteiger partial charge is 0.387 e. The van der Waals surface area contributed by atoms with E-state index in [1.807, 2.05) is 43.1 Å². The van der Waals surface area contributed by atoms with Crippen molar-refractivity contribution in [2.24, 2.45) is 0 Å². The number of fused-ring (bicyclic) bond motifs is 8. The van der Waals surface area contributed by atoms with Crippen molar-refractivity contribution in [1.82, 2.24) is 40.5 Å². The van der Waals surface area contributed by atoms with E-state index in [2.05, 4.69) is 103 Å². The highest BCUT2D eigenvalue weighted by molar-refractivity contribution is 5.97. The number of hydrogen-bond acceptors (Lipinski definition) is 6. The third-order valence-electron chi connectivity index (χ3n) is 9.59. The Bertz CT molecular complexity index is 2320. The van der Waals surface area contributed by atoms with E-state index in [4.69, 9.17) is 9.97 Å². The van der Waals surface area contributed by atoms with Gasteiger partial charge in [-0.1, -0.05) is 6.08 Å². The molecule has 8 bridgehead atoms. The second-order valence-corrected chi connectivity index (χ2v) is 12.4. The summed E-state index contributed by atoms with van der Waals surface area (Å²) in [6, 6.07) is 16.9. The number of nitrogens with one attached hydrogen (secondary N) is 4. The maximum atomic E-state index is 5.41. The monoisotopic (exact) mass is 626 g/mol. The van der Waals surface area contributed by atoms with Gasteiger partial charge in [-0.25, -0.2) is 9.97 Å². The first-order valence-corrected chi connectivity index (χ1v) is 16.6. The van der Waals surface area contributed by atoms with Crippen LogP contribution in [0.1, 0.15) is 52.7 Å². The zero-order chi connectivity index (χ0) is 31.9. The topological polar surface area (TPSA) is 107 Å². The van der Waals surface area contributed by atoms with Gasteiger partial charge in [0, 0.05) is 75.7 Å². The van der Waals surface area contributed by atoms with Crippen molar-refractivity contribution in [2.75, 3.05) is 19.6 Å². The molecule has 4 aliphatic heterocycles. The number of aromatic amines is 2. The van der Waals surface area contributed by atoms with Crippen LogP contribution in [0, 0.1) is 0 Å². The van der Waals surface area contributed by atoms with E-state index in [9.17, 15) is 0 Å². The second-order valence-electron chi connectivity index (χ2n) is 12.4. The van der Waals surface area contributed by atoms with Gasteiger partial charge in [-0.2, -0.15) is 0 Å². The Hall–Kier alpha value is -5.86. The average Bonchev–Trinajstić information content (AvgIpc) is 3.98. The summed E-state index contributed by atoms with van der Waals surface area (Å²) in [5.74, 6) is 0.378. The van der Waals surface area contributed by atoms with Crippen molar-refractivity contribution in [3.05, 3.63) is 126 Å². The van der Waals surface area contributed by atoms with Gasteiger partial charge < -0.3 is 20.6 Å². The average molecular weight is 627 g/mol. The number of H-pyrrole nitrogens is 2. The Morgan fingerprint density at radius 3 is 1.67 bits per heavy atom.